The Labute approximate surface area is 107 Å². The van der Waals surface area contributed by atoms with Crippen molar-refractivity contribution < 1.29 is 4.79 Å². The normalized spacial score (nSPS) is 12.2. The monoisotopic (exact) mass is 252 g/mol. The second-order valence-corrected chi connectivity index (χ2v) is 4.87. The van der Waals surface area contributed by atoms with Crippen LogP contribution in [0, 0.1) is 0 Å². The molecule has 0 bridgehead atoms. The van der Waals surface area contributed by atoms with Gasteiger partial charge in [-0.1, -0.05) is 12.1 Å². The van der Waals surface area contributed by atoms with Crippen LogP contribution in [0.5, 0.6) is 0 Å². The smallest absolute Gasteiger partial charge is 0.239 e. The minimum Gasteiger partial charge on any atom is -0.337 e. The van der Waals surface area contributed by atoms with Gasteiger partial charge in [0.25, 0.3) is 0 Å². The summed E-state index contributed by atoms with van der Waals surface area (Å²) in [6, 6.07) is 7.83. The summed E-state index contributed by atoms with van der Waals surface area (Å²) in [6.45, 7) is 5.01. The number of nitrogens with two attached hydrogens (primary N) is 1. The molecule has 1 rings (SSSR count). The van der Waals surface area contributed by atoms with Crippen molar-refractivity contribution in [3.63, 3.8) is 0 Å². The molecule has 0 aliphatic carbocycles. The zero-order valence-corrected chi connectivity index (χ0v) is 11.5. The summed E-state index contributed by atoms with van der Waals surface area (Å²) in [6.07, 6.45) is 2.05. The molecule has 0 saturated heterocycles. The van der Waals surface area contributed by atoms with E-state index in [4.69, 9.17) is 5.73 Å². The average molecular weight is 252 g/mol. The van der Waals surface area contributed by atoms with Crippen molar-refractivity contribution in [3.8, 4) is 0 Å². The molecule has 1 aromatic rings. The van der Waals surface area contributed by atoms with Gasteiger partial charge in [0.15, 0.2) is 0 Å². The molecule has 0 radical (unpaired) electrons. The molecule has 94 valence electrons. The van der Waals surface area contributed by atoms with E-state index in [1.54, 1.807) is 23.6 Å². The van der Waals surface area contributed by atoms with Crippen LogP contribution in [0.25, 0.3) is 0 Å². The maximum absolute atomic E-state index is 11.8. The molecule has 1 amide bonds. The molecule has 1 aromatic carbocycles. The van der Waals surface area contributed by atoms with Crippen molar-refractivity contribution in [1.82, 2.24) is 4.90 Å². The number of amides is 1. The van der Waals surface area contributed by atoms with Gasteiger partial charge in [-0.3, -0.25) is 4.79 Å². The van der Waals surface area contributed by atoms with E-state index in [9.17, 15) is 4.79 Å². The Kier molecular flexibility index (Phi) is 5.51. The Morgan fingerprint density at radius 3 is 2.41 bits per heavy atom. The zero-order chi connectivity index (χ0) is 12.8. The Morgan fingerprint density at radius 1 is 1.41 bits per heavy atom. The fourth-order valence-electron chi connectivity index (χ4n) is 1.58. The van der Waals surface area contributed by atoms with Gasteiger partial charge >= 0.3 is 0 Å². The van der Waals surface area contributed by atoms with Crippen molar-refractivity contribution in [2.45, 2.75) is 31.3 Å². The van der Waals surface area contributed by atoms with Gasteiger partial charge in [-0.25, -0.2) is 0 Å². The van der Waals surface area contributed by atoms with Gasteiger partial charge in [0.1, 0.15) is 0 Å². The van der Waals surface area contributed by atoms with Crippen LogP contribution in [0.4, 0.5) is 0 Å². The lowest BCUT2D eigenvalue weighted by Crippen LogP contribution is -2.41. The number of rotatable bonds is 5. The van der Waals surface area contributed by atoms with E-state index in [0.717, 1.165) is 5.56 Å². The van der Waals surface area contributed by atoms with Crippen molar-refractivity contribution in [1.29, 1.82) is 0 Å². The molecule has 1 unspecified atom stereocenters. The summed E-state index contributed by atoms with van der Waals surface area (Å²) in [5.74, 6) is 0.00134. The second kappa shape index (κ2) is 6.67. The van der Waals surface area contributed by atoms with Crippen molar-refractivity contribution in [2.75, 3.05) is 12.8 Å². The van der Waals surface area contributed by atoms with Crippen LogP contribution in [0.15, 0.2) is 29.2 Å². The minimum absolute atomic E-state index is 0.00134. The topological polar surface area (TPSA) is 46.3 Å². The van der Waals surface area contributed by atoms with E-state index in [-0.39, 0.29) is 5.91 Å². The third kappa shape index (κ3) is 4.06. The summed E-state index contributed by atoms with van der Waals surface area (Å²) in [5, 5.41) is 0. The average Bonchev–Trinajstić information content (AvgIpc) is 2.35. The number of carbonyl (C=O) groups is 1. The fraction of sp³-hybridized carbons (Fsp3) is 0.462. The molecule has 0 spiro atoms. The molecule has 0 fully saturated rings. The second-order valence-electron chi connectivity index (χ2n) is 3.99. The molecule has 1 atom stereocenters. The van der Waals surface area contributed by atoms with Crippen LogP contribution in [0.1, 0.15) is 19.4 Å². The Balaban J connectivity index is 2.70. The van der Waals surface area contributed by atoms with Gasteiger partial charge in [-0.2, -0.15) is 0 Å². The lowest BCUT2D eigenvalue weighted by atomic mass is 10.2. The third-order valence-corrected chi connectivity index (χ3v) is 3.36. The lowest BCUT2D eigenvalue weighted by Gasteiger charge is -2.22. The highest BCUT2D eigenvalue weighted by Gasteiger charge is 2.15. The quantitative estimate of drug-likeness (QED) is 0.816. The molecule has 0 aliphatic rings. The molecule has 0 aliphatic heterocycles. The molecule has 4 heteroatoms. The van der Waals surface area contributed by atoms with E-state index in [1.165, 1.54) is 4.90 Å². The largest absolute Gasteiger partial charge is 0.337 e. The van der Waals surface area contributed by atoms with Gasteiger partial charge in [-0.05, 0) is 37.8 Å². The highest BCUT2D eigenvalue weighted by molar-refractivity contribution is 7.98. The van der Waals surface area contributed by atoms with Crippen LogP contribution in [0.3, 0.4) is 0 Å². The van der Waals surface area contributed by atoms with Crippen molar-refractivity contribution >= 4 is 17.7 Å². The summed E-state index contributed by atoms with van der Waals surface area (Å²) >= 11 is 1.71. The predicted octanol–water partition coefficient (Wildman–Crippen LogP) is 2.10. The van der Waals surface area contributed by atoms with Crippen LogP contribution >= 0.6 is 11.8 Å². The van der Waals surface area contributed by atoms with E-state index >= 15 is 0 Å². The molecule has 0 aromatic heterocycles. The van der Waals surface area contributed by atoms with Crippen LogP contribution in [-0.2, 0) is 11.3 Å². The lowest BCUT2D eigenvalue weighted by molar-refractivity contribution is -0.132. The van der Waals surface area contributed by atoms with Crippen molar-refractivity contribution in [2.24, 2.45) is 5.73 Å². The number of carbonyl (C=O) groups excluding carboxylic acids is 1. The van der Waals surface area contributed by atoms with Gasteiger partial charge in [0.05, 0.1) is 6.04 Å². The number of thioether (sulfide) groups is 1. The van der Waals surface area contributed by atoms with E-state index in [1.807, 2.05) is 13.2 Å². The molecule has 17 heavy (non-hydrogen) atoms. The first-order chi connectivity index (χ1) is 8.08. The summed E-state index contributed by atoms with van der Waals surface area (Å²) < 4.78 is 0. The minimum atomic E-state index is -0.430. The van der Waals surface area contributed by atoms with Crippen LogP contribution < -0.4 is 5.73 Å². The zero-order valence-electron chi connectivity index (χ0n) is 10.6. The maximum atomic E-state index is 11.8. The number of nitrogens with zero attached hydrogens (tertiary/aromatic N) is 1. The predicted molar refractivity (Wildman–Crippen MR) is 73.0 cm³/mol. The van der Waals surface area contributed by atoms with Crippen molar-refractivity contribution in [3.05, 3.63) is 29.8 Å². The SMILES string of the molecule is CCN(Cc1ccc(SC)cc1)C(=O)C(C)N. The van der Waals surface area contributed by atoms with E-state index in [0.29, 0.717) is 13.1 Å². The van der Waals surface area contributed by atoms with Gasteiger partial charge < -0.3 is 10.6 Å². The van der Waals surface area contributed by atoms with Crippen LogP contribution in [-0.4, -0.2) is 29.6 Å². The standard InChI is InChI=1S/C13H20N2OS/c1-4-15(13(16)10(2)14)9-11-5-7-12(17-3)8-6-11/h5-8,10H,4,9,14H2,1-3H3. The first-order valence-electron chi connectivity index (χ1n) is 5.75. The Hall–Kier alpha value is -1.00. The maximum Gasteiger partial charge on any atom is 0.239 e. The Morgan fingerprint density at radius 2 is 2.00 bits per heavy atom. The van der Waals surface area contributed by atoms with Gasteiger partial charge in [-0.15, -0.1) is 11.8 Å². The summed E-state index contributed by atoms with van der Waals surface area (Å²) in [4.78, 5) is 14.8. The first kappa shape index (κ1) is 14.1. The number of likely N-dealkylation sites (N-methyl/N-ethyl adjacent to an activating group) is 1. The van der Waals surface area contributed by atoms with Gasteiger partial charge in [0, 0.05) is 18.0 Å². The highest BCUT2D eigenvalue weighted by Crippen LogP contribution is 2.16. The molecule has 2 N–H and O–H groups in total. The molecular formula is C13H20N2OS. The number of hydrogen-bond acceptors (Lipinski definition) is 3. The number of benzene rings is 1. The summed E-state index contributed by atoms with van der Waals surface area (Å²) in [7, 11) is 0. The molecular weight excluding hydrogens is 232 g/mol. The van der Waals surface area contributed by atoms with Gasteiger partial charge in [0.2, 0.25) is 5.91 Å². The fourth-order valence-corrected chi connectivity index (χ4v) is 1.99. The highest BCUT2D eigenvalue weighted by atomic mass is 32.2. The summed E-state index contributed by atoms with van der Waals surface area (Å²) in [5.41, 5.74) is 6.75. The molecule has 0 heterocycles. The number of hydrogen-bond donors (Lipinski definition) is 1. The molecule has 3 nitrogen and oxygen atoms in total. The molecule has 0 saturated carbocycles. The van der Waals surface area contributed by atoms with E-state index < -0.39 is 6.04 Å². The first-order valence-corrected chi connectivity index (χ1v) is 6.98. The van der Waals surface area contributed by atoms with Crippen LogP contribution in [0.2, 0.25) is 0 Å². The Bertz CT molecular complexity index is 362. The van der Waals surface area contributed by atoms with E-state index in [2.05, 4.69) is 24.3 Å². The third-order valence-electron chi connectivity index (χ3n) is 2.62.